The molecule has 2 atom stereocenters. The molecular weight excluding hydrogens is 450 g/mol. The van der Waals surface area contributed by atoms with Crippen molar-refractivity contribution in [3.05, 3.63) is 94.8 Å². The van der Waals surface area contributed by atoms with E-state index in [9.17, 15) is 9.59 Å². The Morgan fingerprint density at radius 3 is 2.69 bits per heavy atom. The summed E-state index contributed by atoms with van der Waals surface area (Å²) in [7, 11) is 0. The van der Waals surface area contributed by atoms with Crippen molar-refractivity contribution in [1.29, 1.82) is 0 Å². The van der Waals surface area contributed by atoms with Gasteiger partial charge in [-0.15, -0.1) is 0 Å². The number of nitrogens with zero attached hydrogens (tertiary/aromatic N) is 2. The zero-order chi connectivity index (χ0) is 25.5. The number of amides is 2. The maximum atomic E-state index is 12.9. The summed E-state index contributed by atoms with van der Waals surface area (Å²) >= 11 is 0. The number of benzene rings is 2. The Balaban J connectivity index is 1.53. The van der Waals surface area contributed by atoms with Crippen LogP contribution in [0.25, 0.3) is 0 Å². The number of hydrogen-bond donors (Lipinski definition) is 1. The van der Waals surface area contributed by atoms with Crippen molar-refractivity contribution in [2.24, 2.45) is 0 Å². The molecule has 0 radical (unpaired) electrons. The smallest absolute Gasteiger partial charge is 0.261 e. The molecule has 0 spiro atoms. The van der Waals surface area contributed by atoms with E-state index in [0.29, 0.717) is 38.1 Å². The molecule has 1 aliphatic rings. The third kappa shape index (κ3) is 5.93. The Hall–Kier alpha value is -3.67. The molecular formula is C30H35N3O3. The van der Waals surface area contributed by atoms with E-state index in [2.05, 4.69) is 41.5 Å². The van der Waals surface area contributed by atoms with Gasteiger partial charge in [0.05, 0.1) is 6.04 Å². The largest absolute Gasteiger partial charge is 0.481 e. The van der Waals surface area contributed by atoms with Gasteiger partial charge in [0.25, 0.3) is 5.91 Å². The number of hydrogen-bond acceptors (Lipinski definition) is 4. The first-order valence-electron chi connectivity index (χ1n) is 12.8. The molecule has 0 bridgehead atoms. The first-order valence-corrected chi connectivity index (χ1v) is 12.8. The van der Waals surface area contributed by atoms with Crippen LogP contribution in [0.5, 0.6) is 5.75 Å². The molecule has 1 aromatic heterocycles. The zero-order valence-electron chi connectivity index (χ0n) is 21.4. The second kappa shape index (κ2) is 11.8. The highest BCUT2D eigenvalue weighted by atomic mass is 16.5. The molecule has 1 N–H and O–H groups in total. The molecule has 0 aliphatic carbocycles. The highest BCUT2D eigenvalue weighted by molar-refractivity contribution is 5.81. The normalized spacial score (nSPS) is 15.6. The minimum atomic E-state index is -0.596. The number of aryl methyl sites for hydroxylation is 1. The lowest BCUT2D eigenvalue weighted by Gasteiger charge is -2.38. The van der Waals surface area contributed by atoms with Gasteiger partial charge in [-0.25, -0.2) is 0 Å². The lowest BCUT2D eigenvalue weighted by molar-refractivity contribution is -0.133. The average molecular weight is 486 g/mol. The molecule has 2 aromatic carbocycles. The van der Waals surface area contributed by atoms with Gasteiger partial charge in [-0.3, -0.25) is 14.6 Å². The predicted molar refractivity (Wildman–Crippen MR) is 141 cm³/mol. The van der Waals surface area contributed by atoms with Crippen molar-refractivity contribution in [1.82, 2.24) is 15.2 Å². The van der Waals surface area contributed by atoms with Crippen LogP contribution in [0, 0.1) is 6.92 Å². The minimum Gasteiger partial charge on any atom is -0.481 e. The summed E-state index contributed by atoms with van der Waals surface area (Å²) in [5, 5.41) is 2.98. The fourth-order valence-electron chi connectivity index (χ4n) is 4.80. The van der Waals surface area contributed by atoms with Crippen LogP contribution in [0.4, 0.5) is 0 Å². The van der Waals surface area contributed by atoms with E-state index < -0.39 is 6.10 Å². The third-order valence-electron chi connectivity index (χ3n) is 6.67. The molecule has 3 aromatic rings. The molecule has 0 saturated heterocycles. The summed E-state index contributed by atoms with van der Waals surface area (Å²) < 4.78 is 6.19. The van der Waals surface area contributed by atoms with Gasteiger partial charge in [-0.2, -0.15) is 0 Å². The van der Waals surface area contributed by atoms with Crippen LogP contribution >= 0.6 is 0 Å². The van der Waals surface area contributed by atoms with Crippen LogP contribution in [0.3, 0.4) is 0 Å². The van der Waals surface area contributed by atoms with Gasteiger partial charge in [0.2, 0.25) is 5.91 Å². The van der Waals surface area contributed by atoms with E-state index >= 15 is 0 Å². The summed E-state index contributed by atoms with van der Waals surface area (Å²) in [5.74, 6) is 0.644. The molecule has 2 heterocycles. The Bertz CT molecular complexity index is 1200. The van der Waals surface area contributed by atoms with Crippen molar-refractivity contribution in [2.45, 2.75) is 58.6 Å². The lowest BCUT2D eigenvalue weighted by atomic mass is 9.87. The average Bonchev–Trinajstić information content (AvgIpc) is 2.91. The van der Waals surface area contributed by atoms with Gasteiger partial charge in [0.15, 0.2) is 6.10 Å². The Morgan fingerprint density at radius 2 is 1.97 bits per heavy atom. The van der Waals surface area contributed by atoms with E-state index in [1.54, 1.807) is 6.20 Å². The van der Waals surface area contributed by atoms with Gasteiger partial charge in [0.1, 0.15) is 5.75 Å². The molecule has 0 fully saturated rings. The summed E-state index contributed by atoms with van der Waals surface area (Å²) in [6, 6.07) is 20.0. The van der Waals surface area contributed by atoms with Crippen LogP contribution in [0.1, 0.15) is 60.7 Å². The highest BCUT2D eigenvalue weighted by Crippen LogP contribution is 2.38. The molecule has 6 heteroatoms. The summed E-state index contributed by atoms with van der Waals surface area (Å²) in [4.78, 5) is 32.0. The fraction of sp³-hybridized carbons (Fsp3) is 0.367. The zero-order valence-corrected chi connectivity index (χ0v) is 21.4. The monoisotopic (exact) mass is 485 g/mol. The first-order chi connectivity index (χ1) is 17.5. The summed E-state index contributed by atoms with van der Waals surface area (Å²) in [6.07, 6.45) is 3.64. The van der Waals surface area contributed by atoms with Gasteiger partial charge in [0, 0.05) is 37.8 Å². The number of pyridine rings is 1. The topological polar surface area (TPSA) is 71.5 Å². The second-order valence-electron chi connectivity index (χ2n) is 9.24. The van der Waals surface area contributed by atoms with E-state index in [1.165, 1.54) is 5.56 Å². The Kier molecular flexibility index (Phi) is 8.36. The standard InChI is InChI=1S/C30H35N3O3/c1-4-27(30(35)32-17-14-24-11-6-7-16-31-24)36-25-13-12-22-15-18-33(28(34)5-2)29(26(22)20-25)23-10-8-9-21(3)19-23/h6-13,16,19-20,27,29H,4-5,14-15,17-18H2,1-3H3,(H,32,35). The van der Waals surface area contributed by atoms with Crippen LogP contribution in [0.2, 0.25) is 0 Å². The first kappa shape index (κ1) is 25.4. The van der Waals surface area contributed by atoms with Gasteiger partial charge in [-0.1, -0.05) is 55.8 Å². The maximum absolute atomic E-state index is 12.9. The van der Waals surface area contributed by atoms with Crippen molar-refractivity contribution < 1.29 is 14.3 Å². The molecule has 0 saturated carbocycles. The predicted octanol–water partition coefficient (Wildman–Crippen LogP) is 4.79. The van der Waals surface area contributed by atoms with E-state index in [-0.39, 0.29) is 17.9 Å². The van der Waals surface area contributed by atoms with Crippen LogP contribution in [-0.2, 0) is 22.4 Å². The van der Waals surface area contributed by atoms with E-state index in [0.717, 1.165) is 28.8 Å². The molecule has 1 aliphatic heterocycles. The van der Waals surface area contributed by atoms with Gasteiger partial charge in [-0.05, 0) is 60.7 Å². The number of carbonyl (C=O) groups is 2. The maximum Gasteiger partial charge on any atom is 0.261 e. The van der Waals surface area contributed by atoms with E-state index in [1.807, 2.05) is 55.1 Å². The number of aromatic nitrogens is 1. The van der Waals surface area contributed by atoms with Crippen molar-refractivity contribution in [2.75, 3.05) is 13.1 Å². The lowest BCUT2D eigenvalue weighted by Crippen LogP contribution is -2.40. The second-order valence-corrected chi connectivity index (χ2v) is 9.24. The fourth-order valence-corrected chi connectivity index (χ4v) is 4.80. The quantitative estimate of drug-likeness (QED) is 0.473. The van der Waals surface area contributed by atoms with Crippen LogP contribution < -0.4 is 10.1 Å². The molecule has 4 rings (SSSR count). The van der Waals surface area contributed by atoms with Crippen molar-refractivity contribution in [3.8, 4) is 5.75 Å². The minimum absolute atomic E-state index is 0.135. The molecule has 188 valence electrons. The van der Waals surface area contributed by atoms with Crippen molar-refractivity contribution in [3.63, 3.8) is 0 Å². The molecule has 6 nitrogen and oxygen atoms in total. The number of rotatable bonds is 9. The third-order valence-corrected chi connectivity index (χ3v) is 6.67. The SMILES string of the molecule is CCC(=O)N1CCc2ccc(OC(CC)C(=O)NCCc3ccccn3)cc2C1c1cccc(C)c1. The Morgan fingerprint density at radius 1 is 1.11 bits per heavy atom. The van der Waals surface area contributed by atoms with Crippen LogP contribution in [-0.4, -0.2) is 40.9 Å². The number of nitrogens with one attached hydrogen (secondary N) is 1. The van der Waals surface area contributed by atoms with Gasteiger partial charge < -0.3 is 15.0 Å². The van der Waals surface area contributed by atoms with Gasteiger partial charge >= 0.3 is 0 Å². The number of ether oxygens (including phenoxy) is 1. The molecule has 36 heavy (non-hydrogen) atoms. The Labute approximate surface area is 213 Å². The van der Waals surface area contributed by atoms with Crippen molar-refractivity contribution >= 4 is 11.8 Å². The number of fused-ring (bicyclic) bond motifs is 1. The molecule has 2 unspecified atom stereocenters. The summed E-state index contributed by atoms with van der Waals surface area (Å²) in [5.41, 5.74) is 5.46. The van der Waals surface area contributed by atoms with Crippen LogP contribution in [0.15, 0.2) is 66.9 Å². The number of carbonyl (C=O) groups excluding carboxylic acids is 2. The summed E-state index contributed by atoms with van der Waals surface area (Å²) in [6.45, 7) is 7.11. The highest BCUT2D eigenvalue weighted by Gasteiger charge is 2.32. The van der Waals surface area contributed by atoms with E-state index in [4.69, 9.17) is 4.74 Å². The molecule has 2 amide bonds.